The molecule has 0 atom stereocenters. The van der Waals surface area contributed by atoms with Crippen molar-refractivity contribution in [2.75, 3.05) is 19.4 Å². The fraction of sp³-hybridized carbons (Fsp3) is 1.00. The standard InChI is InChI=1S/C14H37O2PSi3/c1-10-15-20(9,16-11-2)14-12-13-17(18(3,4)5)19(6,7)8/h10-14H2,1-9H3. The maximum absolute atomic E-state index is 5.97. The van der Waals surface area contributed by atoms with Crippen LogP contribution in [0, 0.1) is 0 Å². The molecule has 0 aromatic rings. The van der Waals surface area contributed by atoms with Gasteiger partial charge in [-0.15, -0.1) is 7.02 Å². The first-order valence-corrected chi connectivity index (χ1v) is 20.8. The Balaban J connectivity index is 4.57. The fourth-order valence-electron chi connectivity index (χ4n) is 3.03. The van der Waals surface area contributed by atoms with Gasteiger partial charge in [-0.2, -0.15) is 0 Å². The van der Waals surface area contributed by atoms with E-state index in [-0.39, 0.29) is 7.02 Å². The van der Waals surface area contributed by atoms with Gasteiger partial charge in [-0.1, -0.05) is 39.3 Å². The molecule has 0 aromatic heterocycles. The van der Waals surface area contributed by atoms with Gasteiger partial charge in [0.15, 0.2) is 0 Å². The highest BCUT2D eigenvalue weighted by Gasteiger charge is 2.37. The summed E-state index contributed by atoms with van der Waals surface area (Å²) >= 11 is 0. The minimum Gasteiger partial charge on any atom is -0.395 e. The van der Waals surface area contributed by atoms with Crippen molar-refractivity contribution in [2.45, 2.75) is 72.1 Å². The molecule has 0 aliphatic rings. The van der Waals surface area contributed by atoms with Crippen molar-refractivity contribution in [3.05, 3.63) is 0 Å². The van der Waals surface area contributed by atoms with Crippen molar-refractivity contribution in [2.24, 2.45) is 0 Å². The third kappa shape index (κ3) is 7.85. The Kier molecular flexibility index (Phi) is 9.02. The minimum atomic E-state index is -1.89. The number of rotatable bonds is 10. The summed E-state index contributed by atoms with van der Waals surface area (Å²) < 4.78 is 11.9. The second kappa shape index (κ2) is 8.59. The molecule has 0 N–H and O–H groups in total. The average Bonchev–Trinajstić information content (AvgIpc) is 2.21. The van der Waals surface area contributed by atoms with Crippen molar-refractivity contribution in [3.8, 4) is 0 Å². The van der Waals surface area contributed by atoms with E-state index in [1.807, 2.05) is 0 Å². The van der Waals surface area contributed by atoms with Crippen LogP contribution in [0.2, 0.25) is 51.9 Å². The van der Waals surface area contributed by atoms with Crippen LogP contribution < -0.4 is 0 Å². The van der Waals surface area contributed by atoms with E-state index in [9.17, 15) is 0 Å². The lowest BCUT2D eigenvalue weighted by Gasteiger charge is -2.40. The molecule has 0 saturated carbocycles. The van der Waals surface area contributed by atoms with Crippen molar-refractivity contribution in [1.29, 1.82) is 0 Å². The van der Waals surface area contributed by atoms with E-state index in [0.29, 0.717) is 0 Å². The van der Waals surface area contributed by atoms with Crippen LogP contribution in [0.4, 0.5) is 0 Å². The Morgan fingerprint density at radius 1 is 0.750 bits per heavy atom. The number of hydrogen-bond donors (Lipinski definition) is 0. The molecule has 0 unspecified atom stereocenters. The van der Waals surface area contributed by atoms with Crippen molar-refractivity contribution in [3.63, 3.8) is 0 Å². The van der Waals surface area contributed by atoms with Gasteiger partial charge in [0.2, 0.25) is 0 Å². The molecular weight excluding hydrogens is 315 g/mol. The molecule has 0 spiro atoms. The van der Waals surface area contributed by atoms with Crippen LogP contribution in [0.25, 0.3) is 0 Å². The summed E-state index contributed by atoms with van der Waals surface area (Å²) in [4.78, 5) is 0. The van der Waals surface area contributed by atoms with Crippen LogP contribution in [-0.4, -0.2) is 43.4 Å². The van der Waals surface area contributed by atoms with Gasteiger partial charge in [0.25, 0.3) is 0 Å². The van der Waals surface area contributed by atoms with Crippen LogP contribution >= 0.6 is 7.02 Å². The third-order valence-electron chi connectivity index (χ3n) is 3.53. The Bertz CT molecular complexity index is 255. The quantitative estimate of drug-likeness (QED) is 0.372. The van der Waals surface area contributed by atoms with Gasteiger partial charge < -0.3 is 8.85 Å². The SMILES string of the molecule is CCO[Si](C)(CCCP([Si](C)(C)C)[Si](C)(C)C)OCC. The Morgan fingerprint density at radius 3 is 1.45 bits per heavy atom. The zero-order chi connectivity index (χ0) is 16.0. The second-order valence-corrected chi connectivity index (χ2v) is 33.6. The lowest BCUT2D eigenvalue weighted by atomic mass is 10.6. The maximum atomic E-state index is 5.97. The average molecular weight is 353 g/mol. The molecule has 20 heavy (non-hydrogen) atoms. The topological polar surface area (TPSA) is 18.5 Å². The van der Waals surface area contributed by atoms with Gasteiger partial charge in [0.05, 0.1) is 15.5 Å². The second-order valence-electron chi connectivity index (χ2n) is 7.60. The van der Waals surface area contributed by atoms with Crippen LogP contribution in [0.15, 0.2) is 0 Å². The highest BCUT2D eigenvalue weighted by atomic mass is 31.6. The first-order chi connectivity index (χ1) is 8.96. The molecule has 0 aliphatic carbocycles. The van der Waals surface area contributed by atoms with Crippen LogP contribution in [-0.2, 0) is 8.85 Å². The van der Waals surface area contributed by atoms with Gasteiger partial charge in [-0.3, -0.25) is 0 Å². The Hall–Kier alpha value is 1.00. The molecule has 0 heterocycles. The molecule has 122 valence electrons. The molecule has 0 aromatic carbocycles. The van der Waals surface area contributed by atoms with Crippen molar-refractivity contribution >= 4 is 31.1 Å². The van der Waals surface area contributed by atoms with Crippen LogP contribution in [0.3, 0.4) is 0 Å². The summed E-state index contributed by atoms with van der Waals surface area (Å²) in [5.74, 6) is 0. The van der Waals surface area contributed by atoms with Gasteiger partial charge >= 0.3 is 8.56 Å². The Labute approximate surface area is 131 Å². The summed E-state index contributed by atoms with van der Waals surface area (Å²) in [7, 11) is -3.61. The predicted octanol–water partition coefficient (Wildman–Crippen LogP) is 5.67. The normalized spacial score (nSPS) is 14.1. The summed E-state index contributed by atoms with van der Waals surface area (Å²) in [6.45, 7) is 23.4. The monoisotopic (exact) mass is 352 g/mol. The van der Waals surface area contributed by atoms with E-state index in [2.05, 4.69) is 59.7 Å². The first kappa shape index (κ1) is 21.0. The molecule has 0 amide bonds. The van der Waals surface area contributed by atoms with Crippen LogP contribution in [0.1, 0.15) is 20.3 Å². The van der Waals surface area contributed by atoms with E-state index in [0.717, 1.165) is 13.2 Å². The molecule has 0 bridgehead atoms. The lowest BCUT2D eigenvalue weighted by molar-refractivity contribution is 0.189. The fourth-order valence-corrected chi connectivity index (χ4v) is 38.7. The predicted molar refractivity (Wildman–Crippen MR) is 103 cm³/mol. The van der Waals surface area contributed by atoms with E-state index >= 15 is 0 Å². The maximum Gasteiger partial charge on any atom is 0.334 e. The summed E-state index contributed by atoms with van der Waals surface area (Å²) in [5, 5.41) is 0. The molecule has 0 saturated heterocycles. The molecular formula is C14H37O2PSi3. The summed E-state index contributed by atoms with van der Waals surface area (Å²) in [6, 6.07) is 1.17. The van der Waals surface area contributed by atoms with Gasteiger partial charge in [0, 0.05) is 13.2 Å². The van der Waals surface area contributed by atoms with Gasteiger partial charge in [0.1, 0.15) is 0 Å². The van der Waals surface area contributed by atoms with E-state index in [1.54, 1.807) is 0 Å². The lowest BCUT2D eigenvalue weighted by Crippen LogP contribution is -2.39. The largest absolute Gasteiger partial charge is 0.395 e. The highest BCUT2D eigenvalue weighted by Crippen LogP contribution is 2.55. The van der Waals surface area contributed by atoms with E-state index in [1.165, 1.54) is 18.6 Å². The van der Waals surface area contributed by atoms with Crippen LogP contribution in [0.5, 0.6) is 0 Å². The molecule has 2 nitrogen and oxygen atoms in total. The van der Waals surface area contributed by atoms with Gasteiger partial charge in [-0.25, -0.2) is 0 Å². The molecule has 0 fully saturated rings. The minimum absolute atomic E-state index is 0.275. The molecule has 0 aliphatic heterocycles. The third-order valence-corrected chi connectivity index (χ3v) is 33.7. The zero-order valence-corrected chi connectivity index (χ0v) is 19.2. The first-order valence-electron chi connectivity index (χ1n) is 8.02. The van der Waals surface area contributed by atoms with Crippen molar-refractivity contribution < 1.29 is 8.85 Å². The molecule has 0 radical (unpaired) electrons. The van der Waals surface area contributed by atoms with Crippen molar-refractivity contribution in [1.82, 2.24) is 0 Å². The highest BCUT2D eigenvalue weighted by molar-refractivity contribution is 8.18. The molecule has 6 heteroatoms. The number of hydrogen-bond acceptors (Lipinski definition) is 2. The summed E-state index contributed by atoms with van der Waals surface area (Å²) in [6.07, 6.45) is 2.76. The van der Waals surface area contributed by atoms with E-state index in [4.69, 9.17) is 8.85 Å². The summed E-state index contributed by atoms with van der Waals surface area (Å²) in [5.41, 5.74) is 0. The Morgan fingerprint density at radius 2 is 1.15 bits per heavy atom. The van der Waals surface area contributed by atoms with Gasteiger partial charge in [-0.05, 0) is 39.0 Å². The van der Waals surface area contributed by atoms with E-state index < -0.39 is 24.0 Å². The smallest absolute Gasteiger partial charge is 0.334 e. The zero-order valence-electron chi connectivity index (χ0n) is 15.3. The molecule has 0 rings (SSSR count).